The second-order valence-electron chi connectivity index (χ2n) is 6.28. The van der Waals surface area contributed by atoms with Crippen molar-refractivity contribution in [2.45, 2.75) is 13.0 Å². The third kappa shape index (κ3) is 2.83. The van der Waals surface area contributed by atoms with Gasteiger partial charge >= 0.3 is 0 Å². The maximum absolute atomic E-state index is 12.6. The Morgan fingerprint density at radius 2 is 2.00 bits per heavy atom. The summed E-state index contributed by atoms with van der Waals surface area (Å²) in [5.74, 6) is 1.70. The average Bonchev–Trinajstić information content (AvgIpc) is 3.20. The summed E-state index contributed by atoms with van der Waals surface area (Å²) in [7, 11) is 1.96. The SMILES string of the molecule is CN(CC(=O)N1CCc2ccccc21)Cc1ccc2c(c1)OCO2. The van der Waals surface area contributed by atoms with Crippen LogP contribution >= 0.6 is 0 Å². The van der Waals surface area contributed by atoms with Gasteiger partial charge in [-0.25, -0.2) is 0 Å². The van der Waals surface area contributed by atoms with Crippen molar-refractivity contribution in [2.75, 3.05) is 31.8 Å². The van der Waals surface area contributed by atoms with Gasteiger partial charge in [0.25, 0.3) is 0 Å². The molecule has 0 atom stereocenters. The molecule has 5 heteroatoms. The summed E-state index contributed by atoms with van der Waals surface area (Å²) in [5.41, 5.74) is 3.42. The van der Waals surface area contributed by atoms with Gasteiger partial charge in [-0.3, -0.25) is 9.69 Å². The first-order chi connectivity index (χ1) is 11.7. The van der Waals surface area contributed by atoms with Crippen LogP contribution in [0.1, 0.15) is 11.1 Å². The second-order valence-corrected chi connectivity index (χ2v) is 6.28. The van der Waals surface area contributed by atoms with Crippen LogP contribution in [0.4, 0.5) is 5.69 Å². The Balaban J connectivity index is 1.39. The van der Waals surface area contributed by atoms with Crippen molar-refractivity contribution in [3.63, 3.8) is 0 Å². The Morgan fingerprint density at radius 1 is 1.17 bits per heavy atom. The van der Waals surface area contributed by atoms with Gasteiger partial charge in [-0.15, -0.1) is 0 Å². The van der Waals surface area contributed by atoms with Crippen molar-refractivity contribution in [1.82, 2.24) is 4.90 Å². The molecule has 0 bridgehead atoms. The first-order valence-electron chi connectivity index (χ1n) is 8.16. The fraction of sp³-hybridized carbons (Fsp3) is 0.316. The minimum atomic E-state index is 0.142. The van der Waals surface area contributed by atoms with Gasteiger partial charge < -0.3 is 14.4 Å². The maximum Gasteiger partial charge on any atom is 0.241 e. The third-order valence-corrected chi connectivity index (χ3v) is 4.48. The van der Waals surface area contributed by atoms with E-state index in [0.29, 0.717) is 13.1 Å². The van der Waals surface area contributed by atoms with E-state index in [4.69, 9.17) is 9.47 Å². The van der Waals surface area contributed by atoms with Crippen LogP contribution in [0.15, 0.2) is 42.5 Å². The number of fused-ring (bicyclic) bond motifs is 2. The molecule has 0 saturated carbocycles. The summed E-state index contributed by atoms with van der Waals surface area (Å²) in [6, 6.07) is 14.1. The van der Waals surface area contributed by atoms with Gasteiger partial charge in [0, 0.05) is 18.8 Å². The number of benzene rings is 2. The van der Waals surface area contributed by atoms with E-state index in [2.05, 4.69) is 6.07 Å². The van der Waals surface area contributed by atoms with Crippen LogP contribution in [0.3, 0.4) is 0 Å². The lowest BCUT2D eigenvalue weighted by Gasteiger charge is -2.22. The van der Waals surface area contributed by atoms with Gasteiger partial charge in [0.1, 0.15) is 0 Å². The molecule has 0 radical (unpaired) electrons. The molecule has 0 fully saturated rings. The van der Waals surface area contributed by atoms with E-state index >= 15 is 0 Å². The highest BCUT2D eigenvalue weighted by Crippen LogP contribution is 2.33. The molecule has 0 N–H and O–H groups in total. The van der Waals surface area contributed by atoms with E-state index < -0.39 is 0 Å². The Bertz CT molecular complexity index is 775. The lowest BCUT2D eigenvalue weighted by Crippen LogP contribution is -2.37. The molecule has 2 heterocycles. The van der Waals surface area contributed by atoms with E-state index in [1.165, 1.54) is 5.56 Å². The van der Waals surface area contributed by atoms with E-state index in [9.17, 15) is 4.79 Å². The van der Waals surface area contributed by atoms with Gasteiger partial charge in [0.2, 0.25) is 12.7 Å². The smallest absolute Gasteiger partial charge is 0.241 e. The summed E-state index contributed by atoms with van der Waals surface area (Å²) < 4.78 is 10.7. The Kier molecular flexibility index (Phi) is 3.86. The van der Waals surface area contributed by atoms with E-state index in [1.807, 2.05) is 53.2 Å². The number of carbonyl (C=O) groups excluding carboxylic acids is 1. The zero-order chi connectivity index (χ0) is 16.5. The Hall–Kier alpha value is -2.53. The number of anilines is 1. The number of nitrogens with zero attached hydrogens (tertiary/aromatic N) is 2. The number of hydrogen-bond donors (Lipinski definition) is 0. The Morgan fingerprint density at radius 3 is 2.92 bits per heavy atom. The molecular formula is C19H20N2O3. The van der Waals surface area contributed by atoms with Crippen molar-refractivity contribution >= 4 is 11.6 Å². The van der Waals surface area contributed by atoms with Crippen LogP contribution in [0, 0.1) is 0 Å². The average molecular weight is 324 g/mol. The highest BCUT2D eigenvalue weighted by Gasteiger charge is 2.24. The minimum absolute atomic E-state index is 0.142. The lowest BCUT2D eigenvalue weighted by molar-refractivity contribution is -0.119. The summed E-state index contributed by atoms with van der Waals surface area (Å²) >= 11 is 0. The molecule has 2 aromatic carbocycles. The quantitative estimate of drug-likeness (QED) is 0.866. The van der Waals surface area contributed by atoms with E-state index in [-0.39, 0.29) is 12.7 Å². The summed E-state index contributed by atoms with van der Waals surface area (Å²) in [5, 5.41) is 0. The number of amides is 1. The number of likely N-dealkylation sites (N-methyl/N-ethyl adjacent to an activating group) is 1. The second kappa shape index (κ2) is 6.17. The van der Waals surface area contributed by atoms with Crippen LogP contribution < -0.4 is 14.4 Å². The zero-order valence-corrected chi connectivity index (χ0v) is 13.7. The molecule has 2 aliphatic heterocycles. The van der Waals surface area contributed by atoms with Crippen molar-refractivity contribution < 1.29 is 14.3 Å². The fourth-order valence-corrected chi connectivity index (χ4v) is 3.32. The maximum atomic E-state index is 12.6. The highest BCUT2D eigenvalue weighted by atomic mass is 16.7. The molecule has 4 rings (SSSR count). The molecule has 2 aromatic rings. The molecule has 0 aliphatic carbocycles. The largest absolute Gasteiger partial charge is 0.454 e. The number of para-hydroxylation sites is 1. The fourth-order valence-electron chi connectivity index (χ4n) is 3.32. The number of carbonyl (C=O) groups is 1. The summed E-state index contributed by atoms with van der Waals surface area (Å²) in [6.07, 6.45) is 0.938. The van der Waals surface area contributed by atoms with Crippen LogP contribution in [-0.4, -0.2) is 37.7 Å². The van der Waals surface area contributed by atoms with Crippen LogP contribution in [0.25, 0.3) is 0 Å². The molecule has 24 heavy (non-hydrogen) atoms. The lowest BCUT2D eigenvalue weighted by atomic mass is 10.2. The van der Waals surface area contributed by atoms with Gasteiger partial charge in [-0.1, -0.05) is 24.3 Å². The third-order valence-electron chi connectivity index (χ3n) is 4.48. The number of hydrogen-bond acceptors (Lipinski definition) is 4. The van der Waals surface area contributed by atoms with Gasteiger partial charge in [0.05, 0.1) is 6.54 Å². The topological polar surface area (TPSA) is 42.0 Å². The van der Waals surface area contributed by atoms with Crippen molar-refractivity contribution in [3.05, 3.63) is 53.6 Å². The van der Waals surface area contributed by atoms with Crippen molar-refractivity contribution in [1.29, 1.82) is 0 Å². The zero-order valence-electron chi connectivity index (χ0n) is 13.7. The molecule has 0 saturated heterocycles. The predicted octanol–water partition coefficient (Wildman–Crippen LogP) is 2.44. The van der Waals surface area contributed by atoms with Gasteiger partial charge in [0.15, 0.2) is 11.5 Å². The standard InChI is InChI=1S/C19H20N2O3/c1-20(11-14-6-7-17-18(10-14)24-13-23-17)12-19(22)21-9-8-15-4-2-3-5-16(15)21/h2-7,10H,8-9,11-13H2,1H3. The number of ether oxygens (including phenoxy) is 2. The van der Waals surface area contributed by atoms with Crippen LogP contribution in [0.5, 0.6) is 11.5 Å². The molecular weight excluding hydrogens is 304 g/mol. The van der Waals surface area contributed by atoms with Gasteiger partial charge in [-0.05, 0) is 42.8 Å². The summed E-state index contributed by atoms with van der Waals surface area (Å²) in [6.45, 7) is 2.14. The molecule has 0 aromatic heterocycles. The van der Waals surface area contributed by atoms with E-state index in [1.54, 1.807) is 0 Å². The van der Waals surface area contributed by atoms with Crippen molar-refractivity contribution in [2.24, 2.45) is 0 Å². The molecule has 1 amide bonds. The molecule has 5 nitrogen and oxygen atoms in total. The van der Waals surface area contributed by atoms with E-state index in [0.717, 1.165) is 35.7 Å². The van der Waals surface area contributed by atoms with Crippen LogP contribution in [-0.2, 0) is 17.8 Å². The molecule has 124 valence electrons. The minimum Gasteiger partial charge on any atom is -0.454 e. The monoisotopic (exact) mass is 324 g/mol. The Labute approximate surface area is 141 Å². The van der Waals surface area contributed by atoms with Crippen LogP contribution in [0.2, 0.25) is 0 Å². The van der Waals surface area contributed by atoms with Gasteiger partial charge in [-0.2, -0.15) is 0 Å². The molecule has 0 unspecified atom stereocenters. The highest BCUT2D eigenvalue weighted by molar-refractivity contribution is 5.96. The van der Waals surface area contributed by atoms with Crippen molar-refractivity contribution in [3.8, 4) is 11.5 Å². The first kappa shape index (κ1) is 15.0. The normalized spacial score (nSPS) is 15.0. The molecule has 0 spiro atoms. The molecule has 2 aliphatic rings. The predicted molar refractivity (Wildman–Crippen MR) is 91.4 cm³/mol. The summed E-state index contributed by atoms with van der Waals surface area (Å²) in [4.78, 5) is 16.6. The number of rotatable bonds is 4. The first-order valence-corrected chi connectivity index (χ1v) is 8.16.